The second kappa shape index (κ2) is 8.91. The number of carbonyl (C=O) groups excluding carboxylic acids is 3. The number of nitrogens with two attached hydrogens (primary N) is 1. The summed E-state index contributed by atoms with van der Waals surface area (Å²) in [6.45, 7) is -0.237. The molecule has 11 heteroatoms. The highest BCUT2D eigenvalue weighted by atomic mass is 32.2. The Bertz CT molecular complexity index is 1580. The number of aromatic nitrogens is 1. The molecule has 3 aliphatic rings. The third-order valence-corrected chi connectivity index (χ3v) is 9.12. The summed E-state index contributed by atoms with van der Waals surface area (Å²) in [5.41, 5.74) is 6.00. The number of pyridine rings is 1. The molecule has 1 saturated carbocycles. The third-order valence-electron chi connectivity index (χ3n) is 7.97. The lowest BCUT2D eigenvalue weighted by Gasteiger charge is -2.51. The maximum Gasteiger partial charge on any atom is 0.328 e. The molecule has 3 aromatic rings. The SMILES string of the molecule is CS(=O)(=O)c1ccccc1C1(c2cccnc2)CN(C(N)=O)CC2C(=O)N([C@H]3C[C@@H]3c3ccccc3)C(=O)N21. The molecule has 6 rings (SSSR count). The molecule has 39 heavy (non-hydrogen) atoms. The van der Waals surface area contributed by atoms with Gasteiger partial charge in [-0.15, -0.1) is 0 Å². The fourth-order valence-electron chi connectivity index (χ4n) is 6.17. The molecular formula is C28H27N5O5S. The van der Waals surface area contributed by atoms with Crippen LogP contribution in [0.5, 0.6) is 0 Å². The number of urea groups is 2. The number of benzene rings is 2. The number of carbonyl (C=O) groups is 3. The molecule has 2 saturated heterocycles. The van der Waals surface area contributed by atoms with Gasteiger partial charge in [0, 0.05) is 41.7 Å². The standard InChI is InChI=1S/C28H27N5O5S/c1-39(37,38)24-12-6-5-11-21(24)28(19-10-7-13-30-15-19)17-31(26(29)35)16-23-25(34)32(27(36)33(23)28)22-14-20(22)18-8-3-2-4-9-18/h2-13,15,20,22-23H,14,16-17H2,1H3,(H2,29,35)/t20-,22+,23?,28?/m1/s1. The van der Waals surface area contributed by atoms with Crippen LogP contribution in [-0.4, -0.2) is 77.5 Å². The Morgan fingerprint density at radius 2 is 1.74 bits per heavy atom. The Morgan fingerprint density at radius 1 is 1.03 bits per heavy atom. The number of rotatable bonds is 5. The number of sulfone groups is 1. The molecular weight excluding hydrogens is 518 g/mol. The lowest BCUT2D eigenvalue weighted by molar-refractivity contribution is -0.130. The molecule has 1 aromatic heterocycles. The minimum absolute atomic E-state index is 0.00351. The number of fused-ring (bicyclic) bond motifs is 1. The van der Waals surface area contributed by atoms with E-state index in [1.165, 1.54) is 27.0 Å². The molecule has 3 heterocycles. The molecule has 2 aromatic carbocycles. The van der Waals surface area contributed by atoms with Crippen molar-refractivity contribution < 1.29 is 22.8 Å². The van der Waals surface area contributed by atoms with Crippen molar-refractivity contribution >= 4 is 27.8 Å². The van der Waals surface area contributed by atoms with Crippen molar-refractivity contribution in [2.24, 2.45) is 5.73 Å². The average molecular weight is 546 g/mol. The quantitative estimate of drug-likeness (QED) is 0.489. The number of piperazine rings is 1. The van der Waals surface area contributed by atoms with Crippen LogP contribution >= 0.6 is 0 Å². The van der Waals surface area contributed by atoms with E-state index in [0.29, 0.717) is 12.0 Å². The maximum atomic E-state index is 14.3. The van der Waals surface area contributed by atoms with E-state index in [4.69, 9.17) is 5.73 Å². The van der Waals surface area contributed by atoms with Gasteiger partial charge in [0.25, 0.3) is 5.91 Å². The van der Waals surface area contributed by atoms with Crippen molar-refractivity contribution in [3.63, 3.8) is 0 Å². The fraction of sp³-hybridized carbons (Fsp3) is 0.286. The second-order valence-electron chi connectivity index (χ2n) is 10.3. The minimum atomic E-state index is -3.78. The zero-order valence-electron chi connectivity index (χ0n) is 21.2. The molecule has 2 unspecified atom stereocenters. The van der Waals surface area contributed by atoms with Gasteiger partial charge in [0.1, 0.15) is 11.6 Å². The molecule has 1 aliphatic carbocycles. The average Bonchev–Trinajstić information content (AvgIpc) is 3.68. The summed E-state index contributed by atoms with van der Waals surface area (Å²) < 4.78 is 26.0. The molecule has 4 atom stereocenters. The molecule has 0 spiro atoms. The Morgan fingerprint density at radius 3 is 2.41 bits per heavy atom. The highest BCUT2D eigenvalue weighted by Crippen LogP contribution is 2.51. The van der Waals surface area contributed by atoms with Gasteiger partial charge >= 0.3 is 12.1 Å². The summed E-state index contributed by atoms with van der Waals surface area (Å²) in [7, 11) is -3.78. The van der Waals surface area contributed by atoms with Crippen molar-refractivity contribution in [3.05, 3.63) is 95.8 Å². The summed E-state index contributed by atoms with van der Waals surface area (Å²) >= 11 is 0. The van der Waals surface area contributed by atoms with Gasteiger partial charge in [-0.25, -0.2) is 18.0 Å². The minimum Gasteiger partial charge on any atom is -0.351 e. The lowest BCUT2D eigenvalue weighted by atomic mass is 9.78. The predicted molar refractivity (Wildman–Crippen MR) is 141 cm³/mol. The molecule has 5 amide bonds. The third kappa shape index (κ3) is 3.87. The number of amides is 5. The van der Waals surface area contributed by atoms with Gasteiger partial charge in [-0.1, -0.05) is 54.6 Å². The van der Waals surface area contributed by atoms with Crippen LogP contribution in [-0.2, 0) is 20.2 Å². The first-order chi connectivity index (χ1) is 18.6. The van der Waals surface area contributed by atoms with E-state index in [9.17, 15) is 22.8 Å². The Balaban J connectivity index is 1.55. The Hall–Kier alpha value is -4.25. The zero-order valence-corrected chi connectivity index (χ0v) is 22.0. The highest BCUT2D eigenvalue weighted by molar-refractivity contribution is 7.90. The number of imide groups is 1. The first-order valence-corrected chi connectivity index (χ1v) is 14.5. The van der Waals surface area contributed by atoms with Crippen molar-refractivity contribution in [3.8, 4) is 0 Å². The summed E-state index contributed by atoms with van der Waals surface area (Å²) in [6.07, 6.45) is 4.81. The van der Waals surface area contributed by atoms with Gasteiger partial charge in [-0.05, 0) is 24.1 Å². The van der Waals surface area contributed by atoms with Crippen molar-refractivity contribution in [2.45, 2.75) is 34.9 Å². The Labute approximate surface area is 225 Å². The van der Waals surface area contributed by atoms with Crippen LogP contribution in [0, 0.1) is 0 Å². The smallest absolute Gasteiger partial charge is 0.328 e. The van der Waals surface area contributed by atoms with Gasteiger partial charge in [-0.3, -0.25) is 19.6 Å². The normalized spacial score (nSPS) is 26.5. The first-order valence-electron chi connectivity index (χ1n) is 12.6. The molecule has 3 fully saturated rings. The second-order valence-corrected chi connectivity index (χ2v) is 12.3. The lowest BCUT2D eigenvalue weighted by Crippen LogP contribution is -2.66. The number of hydrogen-bond acceptors (Lipinski definition) is 6. The van der Waals surface area contributed by atoms with E-state index in [1.54, 1.807) is 36.5 Å². The number of primary amides is 1. The van der Waals surface area contributed by atoms with Gasteiger partial charge in [0.05, 0.1) is 18.0 Å². The summed E-state index contributed by atoms with van der Waals surface area (Å²) in [6, 6.07) is 16.8. The van der Waals surface area contributed by atoms with Crippen LogP contribution < -0.4 is 5.73 Å². The van der Waals surface area contributed by atoms with Gasteiger partial charge in [0.2, 0.25) is 0 Å². The number of hydrogen-bond donors (Lipinski definition) is 1. The van der Waals surface area contributed by atoms with Crippen LogP contribution in [0.25, 0.3) is 0 Å². The molecule has 200 valence electrons. The topological polar surface area (TPSA) is 134 Å². The van der Waals surface area contributed by atoms with Crippen LogP contribution in [0.4, 0.5) is 9.59 Å². The molecule has 0 bridgehead atoms. The predicted octanol–water partition coefficient (Wildman–Crippen LogP) is 2.31. The van der Waals surface area contributed by atoms with Crippen molar-refractivity contribution in [1.82, 2.24) is 19.7 Å². The molecule has 10 nitrogen and oxygen atoms in total. The van der Waals surface area contributed by atoms with Crippen LogP contribution in [0.3, 0.4) is 0 Å². The van der Waals surface area contributed by atoms with Crippen LogP contribution in [0.1, 0.15) is 29.0 Å². The number of nitrogens with zero attached hydrogens (tertiary/aromatic N) is 4. The highest BCUT2D eigenvalue weighted by Gasteiger charge is 2.64. The van der Waals surface area contributed by atoms with Gasteiger partial charge < -0.3 is 10.6 Å². The van der Waals surface area contributed by atoms with E-state index in [0.717, 1.165) is 11.8 Å². The van der Waals surface area contributed by atoms with Crippen molar-refractivity contribution in [2.75, 3.05) is 19.3 Å². The summed E-state index contributed by atoms with van der Waals surface area (Å²) in [4.78, 5) is 49.2. The van der Waals surface area contributed by atoms with Crippen LogP contribution in [0.2, 0.25) is 0 Å². The van der Waals surface area contributed by atoms with E-state index < -0.39 is 39.4 Å². The van der Waals surface area contributed by atoms with E-state index >= 15 is 0 Å². The molecule has 0 radical (unpaired) electrons. The summed E-state index contributed by atoms with van der Waals surface area (Å²) in [5.74, 6) is -0.428. The summed E-state index contributed by atoms with van der Waals surface area (Å²) in [5, 5.41) is 0. The van der Waals surface area contributed by atoms with E-state index in [-0.39, 0.29) is 35.5 Å². The first kappa shape index (κ1) is 25.1. The molecule has 2 aliphatic heterocycles. The fourth-order valence-corrected chi connectivity index (χ4v) is 7.13. The Kier molecular flexibility index (Phi) is 5.72. The largest absolute Gasteiger partial charge is 0.351 e. The van der Waals surface area contributed by atoms with Crippen LogP contribution in [0.15, 0.2) is 84.0 Å². The van der Waals surface area contributed by atoms with Gasteiger partial charge in [0.15, 0.2) is 9.84 Å². The van der Waals surface area contributed by atoms with E-state index in [2.05, 4.69) is 4.98 Å². The monoisotopic (exact) mass is 545 g/mol. The molecule has 2 N–H and O–H groups in total. The zero-order chi connectivity index (χ0) is 27.5. The van der Waals surface area contributed by atoms with Gasteiger partial charge in [-0.2, -0.15) is 0 Å². The maximum absolute atomic E-state index is 14.3. The van der Waals surface area contributed by atoms with E-state index in [1.807, 2.05) is 30.3 Å². The van der Waals surface area contributed by atoms with Crippen molar-refractivity contribution in [1.29, 1.82) is 0 Å².